The van der Waals surface area contributed by atoms with Gasteiger partial charge in [0.25, 0.3) is 0 Å². The number of nitrogens with one attached hydrogen (secondary N) is 1. The molecule has 0 aromatic carbocycles. The molecule has 4 rings (SSSR count). The first kappa shape index (κ1) is 21.0. The third-order valence-corrected chi connectivity index (χ3v) is 6.50. The Balaban J connectivity index is 1.22. The summed E-state index contributed by atoms with van der Waals surface area (Å²) in [6.45, 7) is 8.74. The SMILES string of the molecule is CCn1cc(CNC(=O)C2CCCN(C3CCN(Cc4cccnc4)CC3)C2)cn1. The lowest BCUT2D eigenvalue weighted by atomic mass is 9.93. The van der Waals surface area contributed by atoms with Crippen LogP contribution in [-0.4, -0.2) is 62.7 Å². The quantitative estimate of drug-likeness (QED) is 0.759. The van der Waals surface area contributed by atoms with Crippen LogP contribution in [0.25, 0.3) is 0 Å². The van der Waals surface area contributed by atoms with E-state index < -0.39 is 0 Å². The fourth-order valence-corrected chi connectivity index (χ4v) is 4.75. The molecule has 2 aromatic rings. The van der Waals surface area contributed by atoms with E-state index in [-0.39, 0.29) is 11.8 Å². The molecular formula is C23H34N6O. The third-order valence-electron chi connectivity index (χ3n) is 6.50. The maximum Gasteiger partial charge on any atom is 0.224 e. The van der Waals surface area contributed by atoms with Crippen molar-refractivity contribution in [2.45, 2.75) is 58.3 Å². The molecule has 0 saturated carbocycles. The predicted molar refractivity (Wildman–Crippen MR) is 117 cm³/mol. The van der Waals surface area contributed by atoms with E-state index in [1.54, 1.807) is 0 Å². The zero-order valence-corrected chi connectivity index (χ0v) is 18.0. The Labute approximate surface area is 179 Å². The summed E-state index contributed by atoms with van der Waals surface area (Å²) in [5, 5.41) is 7.41. The van der Waals surface area contributed by atoms with Gasteiger partial charge in [-0.1, -0.05) is 6.07 Å². The second-order valence-corrected chi connectivity index (χ2v) is 8.62. The molecule has 7 heteroatoms. The van der Waals surface area contributed by atoms with Crippen LogP contribution in [0.2, 0.25) is 0 Å². The normalized spacial score (nSPS) is 21.6. The van der Waals surface area contributed by atoms with Gasteiger partial charge in [-0.3, -0.25) is 24.3 Å². The molecule has 7 nitrogen and oxygen atoms in total. The molecule has 1 unspecified atom stereocenters. The largest absolute Gasteiger partial charge is 0.352 e. The lowest BCUT2D eigenvalue weighted by molar-refractivity contribution is -0.127. The molecule has 30 heavy (non-hydrogen) atoms. The van der Waals surface area contributed by atoms with E-state index in [1.165, 1.54) is 18.4 Å². The van der Waals surface area contributed by atoms with Crippen molar-refractivity contribution >= 4 is 5.91 Å². The zero-order valence-electron chi connectivity index (χ0n) is 18.0. The van der Waals surface area contributed by atoms with Gasteiger partial charge in [0.1, 0.15) is 0 Å². The van der Waals surface area contributed by atoms with Crippen LogP contribution in [0.15, 0.2) is 36.9 Å². The highest BCUT2D eigenvalue weighted by Gasteiger charge is 2.31. The zero-order chi connectivity index (χ0) is 20.8. The number of aromatic nitrogens is 3. The highest BCUT2D eigenvalue weighted by Crippen LogP contribution is 2.24. The van der Waals surface area contributed by atoms with Crippen molar-refractivity contribution < 1.29 is 4.79 Å². The second kappa shape index (κ2) is 10.2. The third kappa shape index (κ3) is 5.46. The van der Waals surface area contributed by atoms with Gasteiger partial charge in [0.2, 0.25) is 5.91 Å². The summed E-state index contributed by atoms with van der Waals surface area (Å²) in [4.78, 5) is 22.1. The fraction of sp³-hybridized carbons (Fsp3) is 0.609. The summed E-state index contributed by atoms with van der Waals surface area (Å²) < 4.78 is 1.89. The van der Waals surface area contributed by atoms with Gasteiger partial charge in [-0.15, -0.1) is 0 Å². The van der Waals surface area contributed by atoms with E-state index in [2.05, 4.69) is 38.2 Å². The molecule has 2 aliphatic rings. The number of amides is 1. The second-order valence-electron chi connectivity index (χ2n) is 8.62. The first-order valence-corrected chi connectivity index (χ1v) is 11.4. The summed E-state index contributed by atoms with van der Waals surface area (Å²) >= 11 is 0. The lowest BCUT2D eigenvalue weighted by Gasteiger charge is -2.42. The molecule has 4 heterocycles. The van der Waals surface area contributed by atoms with Gasteiger partial charge in [-0.25, -0.2) is 0 Å². The first-order chi connectivity index (χ1) is 14.7. The summed E-state index contributed by atoms with van der Waals surface area (Å²) in [7, 11) is 0. The minimum absolute atomic E-state index is 0.105. The summed E-state index contributed by atoms with van der Waals surface area (Å²) in [6, 6.07) is 4.77. The lowest BCUT2D eigenvalue weighted by Crippen LogP contribution is -2.50. The fourth-order valence-electron chi connectivity index (χ4n) is 4.75. The maximum absolute atomic E-state index is 12.8. The molecule has 2 saturated heterocycles. The Morgan fingerprint density at radius 2 is 2.03 bits per heavy atom. The number of nitrogens with zero attached hydrogens (tertiary/aromatic N) is 5. The summed E-state index contributed by atoms with van der Waals surface area (Å²) in [6.07, 6.45) is 12.1. The van der Waals surface area contributed by atoms with Crippen molar-refractivity contribution in [3.05, 3.63) is 48.0 Å². The Bertz CT molecular complexity index is 799. The molecule has 0 bridgehead atoms. The number of aryl methyl sites for hydroxylation is 1. The highest BCUT2D eigenvalue weighted by molar-refractivity contribution is 5.78. The minimum atomic E-state index is 0.105. The molecule has 1 N–H and O–H groups in total. The van der Waals surface area contributed by atoms with Crippen LogP contribution in [-0.2, 0) is 24.4 Å². The van der Waals surface area contributed by atoms with Gasteiger partial charge < -0.3 is 5.32 Å². The molecule has 0 aliphatic carbocycles. The van der Waals surface area contributed by atoms with E-state index in [0.29, 0.717) is 12.6 Å². The highest BCUT2D eigenvalue weighted by atomic mass is 16.1. The van der Waals surface area contributed by atoms with Gasteiger partial charge in [0.05, 0.1) is 12.1 Å². The van der Waals surface area contributed by atoms with Crippen LogP contribution in [0.3, 0.4) is 0 Å². The summed E-state index contributed by atoms with van der Waals surface area (Å²) in [5.74, 6) is 0.298. The van der Waals surface area contributed by atoms with E-state index >= 15 is 0 Å². The van der Waals surface area contributed by atoms with Crippen LogP contribution < -0.4 is 5.32 Å². The van der Waals surface area contributed by atoms with Crippen LogP contribution in [0.1, 0.15) is 43.7 Å². The van der Waals surface area contributed by atoms with Crippen LogP contribution >= 0.6 is 0 Å². The first-order valence-electron chi connectivity index (χ1n) is 11.4. The van der Waals surface area contributed by atoms with E-state index in [9.17, 15) is 4.79 Å². The molecular weight excluding hydrogens is 376 g/mol. The average molecular weight is 411 g/mol. The van der Waals surface area contributed by atoms with Gasteiger partial charge in [-0.2, -0.15) is 5.10 Å². The van der Waals surface area contributed by atoms with E-state index in [1.807, 2.05) is 35.5 Å². The number of piperidine rings is 2. The molecule has 1 amide bonds. The number of carbonyl (C=O) groups is 1. The van der Waals surface area contributed by atoms with E-state index in [4.69, 9.17) is 0 Å². The van der Waals surface area contributed by atoms with Crippen LogP contribution in [0.4, 0.5) is 0 Å². The van der Waals surface area contributed by atoms with E-state index in [0.717, 1.165) is 57.7 Å². The number of likely N-dealkylation sites (tertiary alicyclic amines) is 2. The molecule has 0 radical (unpaired) electrons. The summed E-state index contributed by atoms with van der Waals surface area (Å²) in [5.41, 5.74) is 2.36. The van der Waals surface area contributed by atoms with Gasteiger partial charge >= 0.3 is 0 Å². The number of hydrogen-bond acceptors (Lipinski definition) is 5. The van der Waals surface area contributed by atoms with Crippen LogP contribution in [0.5, 0.6) is 0 Å². The van der Waals surface area contributed by atoms with Crippen molar-refractivity contribution in [1.82, 2.24) is 29.9 Å². The van der Waals surface area contributed by atoms with Crippen molar-refractivity contribution in [2.24, 2.45) is 5.92 Å². The molecule has 162 valence electrons. The Kier molecular flexibility index (Phi) is 7.12. The van der Waals surface area contributed by atoms with Crippen LogP contribution in [0, 0.1) is 5.92 Å². The maximum atomic E-state index is 12.8. The topological polar surface area (TPSA) is 66.3 Å². The van der Waals surface area contributed by atoms with Crippen molar-refractivity contribution in [1.29, 1.82) is 0 Å². The van der Waals surface area contributed by atoms with Crippen molar-refractivity contribution in [3.63, 3.8) is 0 Å². The number of carbonyl (C=O) groups excluding carboxylic acids is 1. The standard InChI is InChI=1S/C23H34N6O/c1-2-29-17-20(15-26-29)14-25-23(30)21-6-4-10-28(18-21)22-7-11-27(12-8-22)16-19-5-3-9-24-13-19/h3,5,9,13,15,17,21-22H,2,4,6-8,10-12,14,16,18H2,1H3,(H,25,30). The van der Waals surface area contributed by atoms with Gasteiger partial charge in [0, 0.05) is 56.4 Å². The average Bonchev–Trinajstić information content (AvgIpc) is 3.27. The van der Waals surface area contributed by atoms with Gasteiger partial charge in [0.15, 0.2) is 0 Å². The molecule has 2 fully saturated rings. The van der Waals surface area contributed by atoms with Gasteiger partial charge in [-0.05, 0) is 63.9 Å². The molecule has 1 atom stereocenters. The molecule has 0 spiro atoms. The van der Waals surface area contributed by atoms with Crippen molar-refractivity contribution in [3.8, 4) is 0 Å². The number of pyridine rings is 1. The monoisotopic (exact) mass is 410 g/mol. The number of rotatable bonds is 7. The predicted octanol–water partition coefficient (Wildman–Crippen LogP) is 2.29. The Morgan fingerprint density at radius 1 is 1.17 bits per heavy atom. The number of hydrogen-bond donors (Lipinski definition) is 1. The smallest absolute Gasteiger partial charge is 0.224 e. The van der Waals surface area contributed by atoms with Crippen molar-refractivity contribution in [2.75, 3.05) is 26.2 Å². The molecule has 2 aliphatic heterocycles. The molecule has 2 aromatic heterocycles. The Morgan fingerprint density at radius 3 is 2.77 bits per heavy atom. The Hall–Kier alpha value is -2.25. The minimum Gasteiger partial charge on any atom is -0.352 e.